The lowest BCUT2D eigenvalue weighted by Gasteiger charge is -2.07. The van der Waals surface area contributed by atoms with Gasteiger partial charge in [-0.1, -0.05) is 0 Å². The Kier molecular flexibility index (Phi) is 4.68. The Balaban J connectivity index is 1.28. The normalized spacial score (nSPS) is 13.5. The zero-order valence-electron chi connectivity index (χ0n) is 18.7. The average Bonchev–Trinajstić information content (AvgIpc) is 3.30. The number of nitrogens with zero attached hydrogens (tertiary/aromatic N) is 4. The number of fused-ring (bicyclic) bond motifs is 2. The third kappa shape index (κ3) is 3.62. The number of H-pyrrole nitrogens is 2. The molecule has 1 aliphatic carbocycles. The summed E-state index contributed by atoms with van der Waals surface area (Å²) in [4.78, 5) is 29.7. The minimum absolute atomic E-state index is 0.0386. The summed E-state index contributed by atoms with van der Waals surface area (Å²) in [5.74, 6) is 0.155. The van der Waals surface area contributed by atoms with E-state index in [1.165, 1.54) is 6.07 Å². The zero-order chi connectivity index (χ0) is 24.2. The largest absolute Gasteiger partial charge is 0.338 e. The number of aromatic amines is 2. The average molecular weight is 496 g/mol. The first-order chi connectivity index (χ1) is 17.6. The minimum atomic E-state index is -0.227. The number of thiophene rings is 1. The molecule has 0 radical (unpaired) electrons. The quantitative estimate of drug-likeness (QED) is 0.281. The van der Waals surface area contributed by atoms with Crippen molar-refractivity contribution in [1.29, 1.82) is 0 Å². The predicted molar refractivity (Wildman–Crippen MR) is 137 cm³/mol. The van der Waals surface area contributed by atoms with E-state index >= 15 is 0 Å². The van der Waals surface area contributed by atoms with Crippen molar-refractivity contribution >= 4 is 45.0 Å². The molecular formula is C26H18FN7OS. The second-order valence-corrected chi connectivity index (χ2v) is 9.86. The van der Waals surface area contributed by atoms with Gasteiger partial charge in [-0.3, -0.25) is 14.9 Å². The number of hydrogen-bond donors (Lipinski definition) is 3. The third-order valence-corrected chi connectivity index (χ3v) is 7.24. The Bertz CT molecular complexity index is 1780. The molecule has 6 aromatic rings. The van der Waals surface area contributed by atoms with Crippen molar-refractivity contribution in [2.45, 2.75) is 12.8 Å². The van der Waals surface area contributed by atoms with Gasteiger partial charge in [0.2, 0.25) is 5.91 Å². The fourth-order valence-electron chi connectivity index (χ4n) is 4.35. The van der Waals surface area contributed by atoms with Crippen molar-refractivity contribution in [1.82, 2.24) is 30.1 Å². The first-order valence-electron chi connectivity index (χ1n) is 11.5. The molecule has 0 aromatic carbocycles. The van der Waals surface area contributed by atoms with Crippen molar-refractivity contribution in [2.24, 2.45) is 5.92 Å². The van der Waals surface area contributed by atoms with Crippen LogP contribution in [0.25, 0.3) is 55.0 Å². The molecule has 36 heavy (non-hydrogen) atoms. The number of hydrogen-bond acceptors (Lipinski definition) is 6. The van der Waals surface area contributed by atoms with Crippen LogP contribution in [0.1, 0.15) is 12.8 Å². The molecule has 10 heteroatoms. The van der Waals surface area contributed by atoms with Crippen LogP contribution in [-0.2, 0) is 4.79 Å². The van der Waals surface area contributed by atoms with Crippen molar-refractivity contribution in [3.8, 4) is 33.0 Å². The number of aromatic nitrogens is 6. The van der Waals surface area contributed by atoms with Crippen LogP contribution in [0.5, 0.6) is 0 Å². The second kappa shape index (κ2) is 8.06. The molecule has 8 nitrogen and oxygen atoms in total. The van der Waals surface area contributed by atoms with E-state index in [2.05, 4.69) is 35.5 Å². The third-order valence-electron chi connectivity index (χ3n) is 6.34. The van der Waals surface area contributed by atoms with Crippen molar-refractivity contribution in [3.63, 3.8) is 0 Å². The topological polar surface area (TPSA) is 112 Å². The van der Waals surface area contributed by atoms with E-state index in [4.69, 9.17) is 0 Å². The molecule has 0 bridgehead atoms. The van der Waals surface area contributed by atoms with Crippen LogP contribution in [0, 0.1) is 11.0 Å². The van der Waals surface area contributed by atoms with Gasteiger partial charge in [0.1, 0.15) is 5.65 Å². The maximum atomic E-state index is 13.7. The van der Waals surface area contributed by atoms with Gasteiger partial charge in [-0.25, -0.2) is 9.97 Å². The predicted octanol–water partition coefficient (Wildman–Crippen LogP) is 5.78. The smallest absolute Gasteiger partial charge is 0.227 e. The van der Waals surface area contributed by atoms with E-state index in [-0.39, 0.29) is 17.0 Å². The molecule has 6 aromatic heterocycles. The highest BCUT2D eigenvalue weighted by Gasteiger charge is 2.29. The summed E-state index contributed by atoms with van der Waals surface area (Å²) in [6, 6.07) is 11.0. The fourth-order valence-corrected chi connectivity index (χ4v) is 5.12. The zero-order valence-corrected chi connectivity index (χ0v) is 19.6. The molecule has 0 spiro atoms. The molecule has 0 saturated heterocycles. The Morgan fingerprint density at radius 2 is 1.92 bits per heavy atom. The number of carbonyl (C=O) groups excluding carboxylic acids is 1. The number of rotatable bonds is 5. The molecular weight excluding hydrogens is 477 g/mol. The molecule has 1 fully saturated rings. The summed E-state index contributed by atoms with van der Waals surface area (Å²) in [7, 11) is 0. The standard InChI is InChI=1S/C26H18FN7OS/c27-22-4-3-21(36-22)17-5-6-29-24-18(17)9-20(32-24)23-19-8-15(11-30-25(19)34-33-23)14-7-16(12-28-10-14)31-26(35)13-1-2-13/h3-13H,1-2H2,(H,29,32)(H,31,35)(H,30,33,34). The fraction of sp³-hybridized carbons (Fsp3) is 0.115. The number of nitrogens with one attached hydrogen (secondary N) is 3. The maximum Gasteiger partial charge on any atom is 0.227 e. The summed E-state index contributed by atoms with van der Waals surface area (Å²) in [5.41, 5.74) is 6.11. The van der Waals surface area contributed by atoms with Crippen LogP contribution in [0.2, 0.25) is 0 Å². The molecule has 6 heterocycles. The van der Waals surface area contributed by atoms with Crippen LogP contribution in [0.4, 0.5) is 10.1 Å². The number of anilines is 1. The first kappa shape index (κ1) is 20.9. The highest BCUT2D eigenvalue weighted by atomic mass is 32.1. The van der Waals surface area contributed by atoms with Crippen molar-refractivity contribution in [3.05, 3.63) is 66.3 Å². The highest BCUT2D eigenvalue weighted by Crippen LogP contribution is 2.36. The minimum Gasteiger partial charge on any atom is -0.338 e. The summed E-state index contributed by atoms with van der Waals surface area (Å²) in [6.45, 7) is 0. The van der Waals surface area contributed by atoms with Crippen molar-refractivity contribution < 1.29 is 9.18 Å². The monoisotopic (exact) mass is 495 g/mol. The van der Waals surface area contributed by atoms with Gasteiger partial charge in [-0.2, -0.15) is 9.49 Å². The Morgan fingerprint density at radius 1 is 1.03 bits per heavy atom. The van der Waals surface area contributed by atoms with Gasteiger partial charge in [0.25, 0.3) is 0 Å². The van der Waals surface area contributed by atoms with Crippen LogP contribution in [0.15, 0.2) is 61.2 Å². The summed E-state index contributed by atoms with van der Waals surface area (Å²) >= 11 is 1.10. The van der Waals surface area contributed by atoms with Gasteiger partial charge >= 0.3 is 0 Å². The van der Waals surface area contributed by atoms with Crippen LogP contribution in [-0.4, -0.2) is 36.0 Å². The number of carbonyl (C=O) groups is 1. The SMILES string of the molecule is O=C(Nc1cncc(-c2cnc3n[nH]c(-c4cc5c(-c6ccc(F)s6)ccnc5[nH]4)c3c2)c1)C1CC1. The molecule has 1 aliphatic rings. The maximum absolute atomic E-state index is 13.7. The van der Waals surface area contributed by atoms with Gasteiger partial charge in [0.05, 0.1) is 23.3 Å². The second-order valence-electron chi connectivity index (χ2n) is 8.83. The lowest BCUT2D eigenvalue weighted by atomic mass is 10.1. The molecule has 3 N–H and O–H groups in total. The van der Waals surface area contributed by atoms with E-state index in [0.29, 0.717) is 17.0 Å². The van der Waals surface area contributed by atoms with Gasteiger partial charge in [0.15, 0.2) is 10.8 Å². The molecule has 1 amide bonds. The van der Waals surface area contributed by atoms with Gasteiger partial charge in [-0.15, -0.1) is 11.3 Å². The summed E-state index contributed by atoms with van der Waals surface area (Å²) < 4.78 is 13.7. The van der Waals surface area contributed by atoms with Gasteiger partial charge in [-0.05, 0) is 49.2 Å². The molecule has 7 rings (SSSR count). The molecule has 0 unspecified atom stereocenters. The molecule has 0 aliphatic heterocycles. The number of halogens is 1. The van der Waals surface area contributed by atoms with E-state index < -0.39 is 0 Å². The van der Waals surface area contributed by atoms with Gasteiger partial charge < -0.3 is 10.3 Å². The van der Waals surface area contributed by atoms with E-state index in [1.807, 2.05) is 24.3 Å². The van der Waals surface area contributed by atoms with Crippen LogP contribution >= 0.6 is 11.3 Å². The van der Waals surface area contributed by atoms with E-state index in [0.717, 1.165) is 67.9 Å². The van der Waals surface area contributed by atoms with E-state index in [1.54, 1.807) is 30.9 Å². The lowest BCUT2D eigenvalue weighted by molar-refractivity contribution is -0.117. The van der Waals surface area contributed by atoms with Crippen molar-refractivity contribution in [2.75, 3.05) is 5.32 Å². The highest BCUT2D eigenvalue weighted by molar-refractivity contribution is 7.14. The molecule has 176 valence electrons. The number of amides is 1. The summed E-state index contributed by atoms with van der Waals surface area (Å²) in [5, 5.41) is 11.9. The Morgan fingerprint density at radius 3 is 2.75 bits per heavy atom. The summed E-state index contributed by atoms with van der Waals surface area (Å²) in [6.07, 6.45) is 8.73. The van der Waals surface area contributed by atoms with Gasteiger partial charge in [0, 0.05) is 56.8 Å². The van der Waals surface area contributed by atoms with Crippen LogP contribution < -0.4 is 5.32 Å². The lowest BCUT2D eigenvalue weighted by Crippen LogP contribution is -2.13. The van der Waals surface area contributed by atoms with E-state index in [9.17, 15) is 9.18 Å². The molecule has 0 atom stereocenters. The van der Waals surface area contributed by atoms with Crippen LogP contribution in [0.3, 0.4) is 0 Å². The molecule has 1 saturated carbocycles. The Hall–Kier alpha value is -4.44. The number of pyridine rings is 3. The Labute approximate surface area is 207 Å². The first-order valence-corrected chi connectivity index (χ1v) is 12.3.